The summed E-state index contributed by atoms with van der Waals surface area (Å²) in [5.41, 5.74) is 5.51. The summed E-state index contributed by atoms with van der Waals surface area (Å²) in [4.78, 5) is 16.4. The Morgan fingerprint density at radius 3 is 2.35 bits per heavy atom. The topological polar surface area (TPSA) is 49.6 Å². The molecule has 1 unspecified atom stereocenters. The average molecular weight is 257 g/mol. The Labute approximate surface area is 109 Å². The summed E-state index contributed by atoms with van der Waals surface area (Å²) in [6.07, 6.45) is 5.28. The maximum atomic E-state index is 12.2. The van der Waals surface area contributed by atoms with E-state index in [0.717, 1.165) is 25.9 Å². The molecule has 5 heteroatoms. The molecular weight excluding hydrogens is 234 g/mol. The van der Waals surface area contributed by atoms with Crippen molar-refractivity contribution >= 4 is 23.2 Å². The van der Waals surface area contributed by atoms with Crippen molar-refractivity contribution in [3.8, 4) is 0 Å². The van der Waals surface area contributed by atoms with Crippen molar-refractivity contribution in [3.05, 3.63) is 0 Å². The van der Waals surface area contributed by atoms with Crippen LogP contribution in [0.5, 0.6) is 0 Å². The van der Waals surface area contributed by atoms with Gasteiger partial charge >= 0.3 is 6.03 Å². The lowest BCUT2D eigenvalue weighted by molar-refractivity contribution is 0.152. The molecule has 0 bridgehead atoms. The molecule has 1 atom stereocenters. The summed E-state index contributed by atoms with van der Waals surface area (Å²) in [6, 6.07) is 0.180. The molecule has 1 aliphatic heterocycles. The Kier molecular flexibility index (Phi) is 5.68. The Balaban J connectivity index is 2.51. The zero-order valence-electron chi connectivity index (χ0n) is 10.8. The molecule has 2 amide bonds. The summed E-state index contributed by atoms with van der Waals surface area (Å²) in [5.74, 6) is 0. The van der Waals surface area contributed by atoms with E-state index in [0.29, 0.717) is 11.4 Å². The number of amides is 2. The first kappa shape index (κ1) is 14.2. The summed E-state index contributed by atoms with van der Waals surface area (Å²) in [5, 5.41) is 0. The molecule has 1 rings (SSSR count). The van der Waals surface area contributed by atoms with Gasteiger partial charge in [-0.15, -0.1) is 0 Å². The van der Waals surface area contributed by atoms with E-state index in [1.807, 2.05) is 18.9 Å². The number of thiocarbonyl (C=S) groups is 1. The average Bonchev–Trinajstić information content (AvgIpc) is 2.54. The van der Waals surface area contributed by atoms with Crippen LogP contribution in [-0.2, 0) is 0 Å². The lowest BCUT2D eigenvalue weighted by Gasteiger charge is -2.31. The van der Waals surface area contributed by atoms with E-state index in [-0.39, 0.29) is 12.1 Å². The fourth-order valence-electron chi connectivity index (χ4n) is 2.10. The quantitative estimate of drug-likeness (QED) is 0.787. The van der Waals surface area contributed by atoms with Crippen LogP contribution >= 0.6 is 12.2 Å². The minimum atomic E-state index is 0.0725. The molecule has 1 aliphatic rings. The minimum absolute atomic E-state index is 0.0725. The fraction of sp³-hybridized carbons (Fsp3) is 0.833. The largest absolute Gasteiger partial charge is 0.393 e. The van der Waals surface area contributed by atoms with E-state index in [9.17, 15) is 4.79 Å². The summed E-state index contributed by atoms with van der Waals surface area (Å²) in [6.45, 7) is 3.74. The van der Waals surface area contributed by atoms with Crippen molar-refractivity contribution in [2.24, 2.45) is 5.73 Å². The van der Waals surface area contributed by atoms with Gasteiger partial charge in [0, 0.05) is 32.6 Å². The third-order valence-corrected chi connectivity index (χ3v) is 3.50. The van der Waals surface area contributed by atoms with Crippen LogP contribution in [0.25, 0.3) is 0 Å². The molecule has 0 aromatic heterocycles. The van der Waals surface area contributed by atoms with Gasteiger partial charge in [0.15, 0.2) is 0 Å². The highest BCUT2D eigenvalue weighted by atomic mass is 32.1. The second-order valence-electron chi connectivity index (χ2n) is 4.81. The molecule has 2 N–H and O–H groups in total. The van der Waals surface area contributed by atoms with Gasteiger partial charge in [-0.2, -0.15) is 0 Å². The zero-order valence-corrected chi connectivity index (χ0v) is 11.6. The number of carbonyl (C=O) groups excluding carboxylic acids is 1. The van der Waals surface area contributed by atoms with Crippen molar-refractivity contribution < 1.29 is 4.79 Å². The lowest BCUT2D eigenvalue weighted by atomic mass is 10.2. The first-order valence-corrected chi connectivity index (χ1v) is 6.73. The van der Waals surface area contributed by atoms with Gasteiger partial charge in [0.05, 0.1) is 4.99 Å². The van der Waals surface area contributed by atoms with Crippen LogP contribution in [0, 0.1) is 0 Å². The van der Waals surface area contributed by atoms with Crippen molar-refractivity contribution in [3.63, 3.8) is 0 Å². The zero-order chi connectivity index (χ0) is 12.8. The molecular formula is C12H23N3OS. The third kappa shape index (κ3) is 4.50. The SMILES string of the molecule is CC(CC(N)=S)N(C)C(=O)N1CCCCCC1. The van der Waals surface area contributed by atoms with Crippen LogP contribution in [-0.4, -0.2) is 47.0 Å². The van der Waals surface area contributed by atoms with Crippen molar-refractivity contribution in [1.82, 2.24) is 9.80 Å². The molecule has 98 valence electrons. The number of hydrogen-bond acceptors (Lipinski definition) is 2. The second-order valence-corrected chi connectivity index (χ2v) is 5.34. The summed E-state index contributed by atoms with van der Waals surface area (Å²) >= 11 is 4.88. The van der Waals surface area contributed by atoms with E-state index in [1.54, 1.807) is 4.90 Å². The smallest absolute Gasteiger partial charge is 0.319 e. The van der Waals surface area contributed by atoms with E-state index < -0.39 is 0 Å². The van der Waals surface area contributed by atoms with Gasteiger partial charge < -0.3 is 15.5 Å². The Bertz CT molecular complexity index is 275. The first-order valence-electron chi connectivity index (χ1n) is 6.32. The standard InChI is InChI=1S/C12H23N3OS/c1-10(9-11(13)17)14(2)12(16)15-7-5-3-4-6-8-15/h10H,3-9H2,1-2H3,(H2,13,17). The molecule has 1 saturated heterocycles. The Morgan fingerprint density at radius 2 is 1.88 bits per heavy atom. The van der Waals surface area contributed by atoms with Gasteiger partial charge in [-0.25, -0.2) is 4.79 Å². The fourth-order valence-corrected chi connectivity index (χ4v) is 2.34. The molecule has 0 aromatic rings. The summed E-state index contributed by atoms with van der Waals surface area (Å²) < 4.78 is 0. The van der Waals surface area contributed by atoms with Gasteiger partial charge in [0.1, 0.15) is 0 Å². The third-order valence-electron chi connectivity index (χ3n) is 3.34. The maximum absolute atomic E-state index is 12.2. The van der Waals surface area contributed by atoms with Crippen LogP contribution in [0.1, 0.15) is 39.0 Å². The van der Waals surface area contributed by atoms with Gasteiger partial charge in [-0.05, 0) is 19.8 Å². The second kappa shape index (κ2) is 6.79. The normalized spacial score (nSPS) is 18.4. The predicted octanol–water partition coefficient (Wildman–Crippen LogP) is 1.98. The lowest BCUT2D eigenvalue weighted by Crippen LogP contribution is -2.46. The number of urea groups is 1. The number of rotatable bonds is 3. The Morgan fingerprint density at radius 1 is 1.35 bits per heavy atom. The molecule has 1 fully saturated rings. The highest BCUT2D eigenvalue weighted by Crippen LogP contribution is 2.13. The van der Waals surface area contributed by atoms with Gasteiger partial charge in [0.2, 0.25) is 0 Å². The van der Waals surface area contributed by atoms with Crippen LogP contribution in [0.3, 0.4) is 0 Å². The van der Waals surface area contributed by atoms with Crippen LogP contribution in [0.15, 0.2) is 0 Å². The number of nitrogens with two attached hydrogens (primary N) is 1. The van der Waals surface area contributed by atoms with E-state index in [4.69, 9.17) is 18.0 Å². The first-order chi connectivity index (χ1) is 8.02. The Hall–Kier alpha value is -0.840. The van der Waals surface area contributed by atoms with Gasteiger partial charge in [-0.3, -0.25) is 0 Å². The van der Waals surface area contributed by atoms with E-state index in [2.05, 4.69) is 0 Å². The molecule has 0 spiro atoms. The highest BCUT2D eigenvalue weighted by molar-refractivity contribution is 7.80. The van der Waals surface area contributed by atoms with Gasteiger partial charge in [0.25, 0.3) is 0 Å². The van der Waals surface area contributed by atoms with Crippen LogP contribution in [0.4, 0.5) is 4.79 Å². The number of nitrogens with zero attached hydrogens (tertiary/aromatic N) is 2. The molecule has 4 nitrogen and oxygen atoms in total. The summed E-state index contributed by atoms with van der Waals surface area (Å²) in [7, 11) is 1.83. The molecule has 17 heavy (non-hydrogen) atoms. The monoisotopic (exact) mass is 257 g/mol. The van der Waals surface area contributed by atoms with Crippen LogP contribution < -0.4 is 5.73 Å². The number of carbonyl (C=O) groups is 1. The minimum Gasteiger partial charge on any atom is -0.393 e. The van der Waals surface area contributed by atoms with Gasteiger partial charge in [-0.1, -0.05) is 25.1 Å². The molecule has 0 aliphatic carbocycles. The highest BCUT2D eigenvalue weighted by Gasteiger charge is 2.22. The van der Waals surface area contributed by atoms with Crippen LogP contribution in [0.2, 0.25) is 0 Å². The maximum Gasteiger partial charge on any atom is 0.319 e. The molecule has 0 saturated carbocycles. The molecule has 0 radical (unpaired) electrons. The number of likely N-dealkylation sites (tertiary alicyclic amines) is 1. The predicted molar refractivity (Wildman–Crippen MR) is 74.1 cm³/mol. The van der Waals surface area contributed by atoms with Crippen molar-refractivity contribution in [2.45, 2.75) is 45.1 Å². The van der Waals surface area contributed by atoms with E-state index in [1.165, 1.54) is 12.8 Å². The van der Waals surface area contributed by atoms with E-state index >= 15 is 0 Å². The van der Waals surface area contributed by atoms with Crippen molar-refractivity contribution in [2.75, 3.05) is 20.1 Å². The van der Waals surface area contributed by atoms with Crippen molar-refractivity contribution in [1.29, 1.82) is 0 Å². The molecule has 0 aromatic carbocycles. The molecule has 1 heterocycles. The number of hydrogen-bond donors (Lipinski definition) is 1.